The number of carbonyl (C=O) groups excluding carboxylic acids is 1. The molecule has 1 saturated heterocycles. The van der Waals surface area contributed by atoms with Crippen molar-refractivity contribution in [1.29, 1.82) is 0 Å². The fourth-order valence-electron chi connectivity index (χ4n) is 4.03. The number of carbonyl (C=O) groups is 1. The number of ether oxygens (including phenoxy) is 1. The van der Waals surface area contributed by atoms with Gasteiger partial charge < -0.3 is 9.64 Å². The van der Waals surface area contributed by atoms with Crippen LogP contribution < -0.4 is 4.74 Å². The Labute approximate surface area is 215 Å². The molecule has 4 rings (SSSR count). The van der Waals surface area contributed by atoms with Crippen LogP contribution in [0.15, 0.2) is 42.6 Å². The summed E-state index contributed by atoms with van der Waals surface area (Å²) in [5.41, 5.74) is 3.81. The minimum Gasteiger partial charge on any atom is -0.486 e. The number of halogens is 3. The first-order chi connectivity index (χ1) is 16.3. The van der Waals surface area contributed by atoms with E-state index in [-0.39, 0.29) is 12.5 Å². The predicted molar refractivity (Wildman–Crippen MR) is 136 cm³/mol. The van der Waals surface area contributed by atoms with Crippen molar-refractivity contribution in [1.82, 2.24) is 19.6 Å². The van der Waals surface area contributed by atoms with Crippen LogP contribution in [0.5, 0.6) is 5.75 Å². The summed E-state index contributed by atoms with van der Waals surface area (Å²) in [6.45, 7) is 9.14. The SMILES string of the molecule is CCn1cc(CN2CCN(C(=O)c3cccc(COc4c(Cl)cc(Cl)cc4Cl)c3)CC2)c(C)n1. The molecule has 0 saturated carbocycles. The number of hydrogen-bond donors (Lipinski definition) is 0. The zero-order chi connectivity index (χ0) is 24.2. The van der Waals surface area contributed by atoms with Crippen molar-refractivity contribution in [2.75, 3.05) is 26.2 Å². The van der Waals surface area contributed by atoms with E-state index >= 15 is 0 Å². The largest absolute Gasteiger partial charge is 0.486 e. The van der Waals surface area contributed by atoms with Crippen molar-refractivity contribution < 1.29 is 9.53 Å². The second-order valence-electron chi connectivity index (χ2n) is 8.35. The van der Waals surface area contributed by atoms with Crippen LogP contribution in [-0.2, 0) is 19.7 Å². The van der Waals surface area contributed by atoms with Gasteiger partial charge in [0.2, 0.25) is 0 Å². The number of aryl methyl sites for hydroxylation is 2. The number of rotatable bonds is 7. The minimum absolute atomic E-state index is 0.0269. The second kappa shape index (κ2) is 11.0. The zero-order valence-corrected chi connectivity index (χ0v) is 21.5. The molecule has 0 radical (unpaired) electrons. The summed E-state index contributed by atoms with van der Waals surface area (Å²) in [4.78, 5) is 17.4. The summed E-state index contributed by atoms with van der Waals surface area (Å²) < 4.78 is 7.79. The Kier molecular flexibility index (Phi) is 8.04. The summed E-state index contributed by atoms with van der Waals surface area (Å²) in [6.07, 6.45) is 2.12. The number of piperazine rings is 1. The van der Waals surface area contributed by atoms with Crippen molar-refractivity contribution in [3.8, 4) is 5.75 Å². The maximum absolute atomic E-state index is 13.1. The lowest BCUT2D eigenvalue weighted by Gasteiger charge is -2.34. The molecule has 9 heteroatoms. The first-order valence-corrected chi connectivity index (χ1v) is 12.4. The zero-order valence-electron chi connectivity index (χ0n) is 19.2. The summed E-state index contributed by atoms with van der Waals surface area (Å²) >= 11 is 18.4. The number of benzene rings is 2. The summed E-state index contributed by atoms with van der Waals surface area (Å²) in [7, 11) is 0. The molecule has 1 aromatic heterocycles. The van der Waals surface area contributed by atoms with Crippen LogP contribution in [0.4, 0.5) is 0 Å². The average molecular weight is 522 g/mol. The topological polar surface area (TPSA) is 50.6 Å². The van der Waals surface area contributed by atoms with Gasteiger partial charge in [0.15, 0.2) is 5.75 Å². The lowest BCUT2D eigenvalue weighted by Crippen LogP contribution is -2.48. The van der Waals surface area contributed by atoms with Gasteiger partial charge in [-0.05, 0) is 43.7 Å². The molecule has 0 bridgehead atoms. The molecule has 6 nitrogen and oxygen atoms in total. The van der Waals surface area contributed by atoms with Crippen LogP contribution in [-0.4, -0.2) is 51.7 Å². The molecule has 1 amide bonds. The molecule has 0 unspecified atom stereocenters. The van der Waals surface area contributed by atoms with Gasteiger partial charge in [-0.15, -0.1) is 0 Å². The van der Waals surface area contributed by atoms with Gasteiger partial charge in [-0.2, -0.15) is 5.10 Å². The molecule has 0 atom stereocenters. The van der Waals surface area contributed by atoms with Crippen molar-refractivity contribution in [2.45, 2.75) is 33.5 Å². The van der Waals surface area contributed by atoms with Gasteiger partial charge in [-0.25, -0.2) is 0 Å². The number of hydrogen-bond acceptors (Lipinski definition) is 4. The maximum Gasteiger partial charge on any atom is 0.253 e. The van der Waals surface area contributed by atoms with Crippen molar-refractivity contribution in [3.05, 3.63) is 80.0 Å². The highest BCUT2D eigenvalue weighted by Crippen LogP contribution is 2.36. The van der Waals surface area contributed by atoms with Gasteiger partial charge in [0.1, 0.15) is 6.61 Å². The monoisotopic (exact) mass is 520 g/mol. The Bertz CT molecular complexity index is 1150. The summed E-state index contributed by atoms with van der Waals surface area (Å²) in [6, 6.07) is 10.6. The quantitative estimate of drug-likeness (QED) is 0.400. The number of nitrogens with zero attached hydrogens (tertiary/aromatic N) is 4. The summed E-state index contributed by atoms with van der Waals surface area (Å²) in [5.74, 6) is 0.402. The van der Waals surface area contributed by atoms with Crippen LogP contribution in [0.25, 0.3) is 0 Å². The van der Waals surface area contributed by atoms with E-state index < -0.39 is 0 Å². The van der Waals surface area contributed by atoms with E-state index in [0.29, 0.717) is 39.5 Å². The molecule has 2 aromatic carbocycles. The van der Waals surface area contributed by atoms with Crippen molar-refractivity contribution in [3.63, 3.8) is 0 Å². The fourth-order valence-corrected chi connectivity index (χ4v) is 4.95. The molecule has 34 heavy (non-hydrogen) atoms. The fraction of sp³-hybridized carbons (Fsp3) is 0.360. The van der Waals surface area contributed by atoms with E-state index in [1.54, 1.807) is 12.1 Å². The van der Waals surface area contributed by atoms with Crippen LogP contribution in [0.2, 0.25) is 15.1 Å². The van der Waals surface area contributed by atoms with E-state index in [4.69, 9.17) is 39.5 Å². The van der Waals surface area contributed by atoms with Crippen LogP contribution in [0.3, 0.4) is 0 Å². The van der Waals surface area contributed by atoms with Gasteiger partial charge in [-0.3, -0.25) is 14.4 Å². The molecule has 0 N–H and O–H groups in total. The Morgan fingerprint density at radius 3 is 2.41 bits per heavy atom. The lowest BCUT2D eigenvalue weighted by molar-refractivity contribution is 0.0628. The third-order valence-corrected chi connectivity index (χ3v) is 6.73. The molecule has 1 fully saturated rings. The maximum atomic E-state index is 13.1. The second-order valence-corrected chi connectivity index (χ2v) is 9.60. The Morgan fingerprint density at radius 1 is 1.06 bits per heavy atom. The Hall–Kier alpha value is -2.25. The Morgan fingerprint density at radius 2 is 1.76 bits per heavy atom. The van der Waals surface area contributed by atoms with E-state index in [1.807, 2.05) is 40.8 Å². The molecular formula is C25H27Cl3N4O2. The van der Waals surface area contributed by atoms with Crippen LogP contribution in [0.1, 0.15) is 34.1 Å². The van der Waals surface area contributed by atoms with Gasteiger partial charge in [-0.1, -0.05) is 46.9 Å². The molecule has 0 spiro atoms. The first kappa shape index (κ1) is 24.9. The smallest absolute Gasteiger partial charge is 0.253 e. The first-order valence-electron chi connectivity index (χ1n) is 11.2. The standard InChI is InChI=1S/C25H27Cl3N4O2/c1-3-32-15-20(17(2)29-32)14-30-7-9-31(10-8-30)25(33)19-6-4-5-18(11-19)16-34-24-22(27)12-21(26)13-23(24)28/h4-6,11-13,15H,3,7-10,14,16H2,1-2H3. The molecule has 0 aliphatic carbocycles. The predicted octanol–water partition coefficient (Wildman–Crippen LogP) is 5.71. The highest BCUT2D eigenvalue weighted by atomic mass is 35.5. The van der Waals surface area contributed by atoms with E-state index in [0.717, 1.165) is 37.4 Å². The van der Waals surface area contributed by atoms with Crippen LogP contribution in [0, 0.1) is 6.92 Å². The lowest BCUT2D eigenvalue weighted by atomic mass is 10.1. The highest BCUT2D eigenvalue weighted by molar-refractivity contribution is 6.40. The van der Waals surface area contributed by atoms with E-state index in [1.165, 1.54) is 5.56 Å². The Balaban J connectivity index is 1.34. The number of amides is 1. The normalized spacial score (nSPS) is 14.4. The third kappa shape index (κ3) is 5.87. The molecule has 180 valence electrons. The molecule has 3 aromatic rings. The van der Waals surface area contributed by atoms with E-state index in [9.17, 15) is 4.79 Å². The number of aromatic nitrogens is 2. The minimum atomic E-state index is 0.0269. The van der Waals surface area contributed by atoms with Gasteiger partial charge in [0.05, 0.1) is 15.7 Å². The summed E-state index contributed by atoms with van der Waals surface area (Å²) in [5, 5.41) is 5.67. The molecular weight excluding hydrogens is 495 g/mol. The van der Waals surface area contributed by atoms with Crippen LogP contribution >= 0.6 is 34.8 Å². The molecule has 1 aliphatic heterocycles. The van der Waals surface area contributed by atoms with E-state index in [2.05, 4.69) is 23.1 Å². The average Bonchev–Trinajstić information content (AvgIpc) is 3.18. The van der Waals surface area contributed by atoms with Crippen molar-refractivity contribution in [2.24, 2.45) is 0 Å². The highest BCUT2D eigenvalue weighted by Gasteiger charge is 2.23. The van der Waals surface area contributed by atoms with Gasteiger partial charge in [0, 0.05) is 61.6 Å². The third-order valence-electron chi connectivity index (χ3n) is 5.95. The van der Waals surface area contributed by atoms with Gasteiger partial charge in [0.25, 0.3) is 5.91 Å². The van der Waals surface area contributed by atoms with Crippen molar-refractivity contribution >= 4 is 40.7 Å². The van der Waals surface area contributed by atoms with Gasteiger partial charge >= 0.3 is 0 Å². The molecule has 2 heterocycles. The molecule has 1 aliphatic rings.